The topological polar surface area (TPSA) is 71.5 Å². The average molecular weight is 600 g/mol. The van der Waals surface area contributed by atoms with Gasteiger partial charge in [-0.15, -0.1) is 5.10 Å². The molecular weight excluding hydrogens is 548 g/mol. The van der Waals surface area contributed by atoms with E-state index < -0.39 is 6.67 Å². The van der Waals surface area contributed by atoms with Crippen molar-refractivity contribution in [2.75, 3.05) is 62.9 Å². The highest BCUT2D eigenvalue weighted by molar-refractivity contribution is 5.97. The molecule has 2 N–H and O–H groups in total. The van der Waals surface area contributed by atoms with E-state index in [1.807, 2.05) is 39.0 Å². The van der Waals surface area contributed by atoms with Crippen molar-refractivity contribution >= 4 is 22.3 Å². The largest absolute Gasteiger partial charge is 0.491 e. The normalized spacial score (nSPS) is 16.0. The second kappa shape index (κ2) is 18.6. The van der Waals surface area contributed by atoms with Crippen LogP contribution >= 0.6 is 0 Å². The first-order valence-electron chi connectivity index (χ1n) is 16.0. The number of piperidine rings is 1. The molecule has 0 bridgehead atoms. The molecule has 43 heavy (non-hydrogen) atoms. The van der Waals surface area contributed by atoms with E-state index >= 15 is 0 Å². The molecule has 7 nitrogen and oxygen atoms in total. The Labute approximate surface area is 256 Å². The Morgan fingerprint density at radius 2 is 1.81 bits per heavy atom. The molecule has 9 heteroatoms. The fourth-order valence-electron chi connectivity index (χ4n) is 5.17. The van der Waals surface area contributed by atoms with E-state index in [1.165, 1.54) is 0 Å². The molecule has 2 aliphatic rings. The lowest BCUT2D eigenvalue weighted by atomic mass is 10.0. The Balaban J connectivity index is 0.000000433. The number of alkyl halides is 2. The van der Waals surface area contributed by atoms with Crippen LogP contribution in [-0.2, 0) is 11.4 Å². The number of unbranched alkanes of at least 4 members (excludes halogenated alkanes) is 1. The molecular formula is C34H51F2N5O2. The van der Waals surface area contributed by atoms with E-state index in [1.54, 1.807) is 6.07 Å². The van der Waals surface area contributed by atoms with Crippen LogP contribution in [0.15, 0.2) is 36.4 Å². The van der Waals surface area contributed by atoms with E-state index in [4.69, 9.17) is 9.47 Å². The van der Waals surface area contributed by atoms with E-state index in [2.05, 4.69) is 51.7 Å². The minimum atomic E-state index is -0.475. The van der Waals surface area contributed by atoms with Crippen molar-refractivity contribution in [3.05, 3.63) is 53.2 Å². The van der Waals surface area contributed by atoms with Crippen LogP contribution in [-0.4, -0.2) is 62.9 Å². The average Bonchev–Trinajstić information content (AvgIpc) is 3.08. The number of halogens is 2. The summed E-state index contributed by atoms with van der Waals surface area (Å²) in [4.78, 5) is 2.32. The molecule has 0 saturated carbocycles. The maximum Gasteiger partial charge on any atom is 0.157 e. The van der Waals surface area contributed by atoms with E-state index in [0.29, 0.717) is 37.1 Å². The number of hydrogen-bond donors (Lipinski definition) is 2. The molecule has 2 saturated heterocycles. The maximum absolute atomic E-state index is 13.2. The minimum absolute atomic E-state index is 0.0518. The number of anilines is 2. The zero-order chi connectivity index (χ0) is 31.0. The number of rotatable bonds is 10. The third-order valence-electron chi connectivity index (χ3n) is 7.79. The first kappa shape index (κ1) is 34.5. The summed E-state index contributed by atoms with van der Waals surface area (Å²) in [6, 6.07) is 11.8. The minimum Gasteiger partial charge on any atom is -0.491 e. The second-order valence-electron chi connectivity index (χ2n) is 10.9. The van der Waals surface area contributed by atoms with Crippen LogP contribution in [0.1, 0.15) is 76.2 Å². The van der Waals surface area contributed by atoms with Crippen molar-refractivity contribution in [1.29, 1.82) is 0 Å². The Morgan fingerprint density at radius 1 is 1.07 bits per heavy atom. The number of nitrogens with zero attached hydrogens (tertiary/aromatic N) is 3. The van der Waals surface area contributed by atoms with Gasteiger partial charge in [-0.25, -0.2) is 4.39 Å². The number of benzene rings is 2. The van der Waals surface area contributed by atoms with Gasteiger partial charge >= 0.3 is 0 Å². The molecule has 2 aliphatic heterocycles. The van der Waals surface area contributed by atoms with Crippen molar-refractivity contribution < 1.29 is 18.3 Å². The predicted octanol–water partition coefficient (Wildman–Crippen LogP) is 7.58. The van der Waals surface area contributed by atoms with Crippen LogP contribution < -0.4 is 20.3 Å². The van der Waals surface area contributed by atoms with Crippen LogP contribution in [0.5, 0.6) is 5.75 Å². The van der Waals surface area contributed by atoms with Gasteiger partial charge in [0.1, 0.15) is 12.4 Å². The predicted molar refractivity (Wildman–Crippen MR) is 174 cm³/mol. The summed E-state index contributed by atoms with van der Waals surface area (Å²) < 4.78 is 36.8. The fraction of sp³-hybridized carbons (Fsp3) is 0.588. The third kappa shape index (κ3) is 10.00. The summed E-state index contributed by atoms with van der Waals surface area (Å²) in [6.07, 6.45) is 4.14. The van der Waals surface area contributed by atoms with Gasteiger partial charge in [0.25, 0.3) is 0 Å². The van der Waals surface area contributed by atoms with Gasteiger partial charge in [-0.3, -0.25) is 4.39 Å². The molecule has 3 heterocycles. The van der Waals surface area contributed by atoms with E-state index in [-0.39, 0.29) is 12.7 Å². The molecule has 0 amide bonds. The quantitative estimate of drug-likeness (QED) is 0.233. The summed E-state index contributed by atoms with van der Waals surface area (Å²) in [5.41, 5.74) is 3.60. The molecule has 5 rings (SSSR count). The molecule has 238 valence electrons. The van der Waals surface area contributed by atoms with Crippen molar-refractivity contribution in [3.8, 4) is 5.75 Å². The van der Waals surface area contributed by atoms with Gasteiger partial charge in [-0.2, -0.15) is 5.10 Å². The molecule has 0 unspecified atom stereocenters. The third-order valence-corrected chi connectivity index (χ3v) is 7.79. The lowest BCUT2D eigenvalue weighted by Gasteiger charge is -2.31. The SMILES string of the molecule is CC.CCCCOc1cc2c(C)nnc(N[C@H](C)c3cccc(CF)c3)c2cc1N1CCOCC1.FCC1CCNCC1. The van der Waals surface area contributed by atoms with Crippen molar-refractivity contribution in [3.63, 3.8) is 0 Å². The Bertz CT molecular complexity index is 1230. The molecule has 2 fully saturated rings. The second-order valence-corrected chi connectivity index (χ2v) is 10.9. The zero-order valence-corrected chi connectivity index (χ0v) is 26.7. The standard InChI is InChI=1S/C26H33FN4O2.C6H12FN.C2H6/c1-4-5-11-33-25-16-22-19(3)29-30-26(23(22)15-24(25)31-9-12-32-13-10-31)28-18(2)21-8-6-7-20(14-21)17-27;7-5-6-1-3-8-4-2-6;1-2/h6-8,14-16,18H,4-5,9-13,17H2,1-3H3,(H,28,30);6,8H,1-5H2;1-2H3/t18-;;/m1../s1. The van der Waals surface area contributed by atoms with Crippen LogP contribution in [0.4, 0.5) is 20.3 Å². The fourth-order valence-corrected chi connectivity index (χ4v) is 5.17. The van der Waals surface area contributed by atoms with E-state index in [0.717, 1.165) is 85.3 Å². The number of fused-ring (bicyclic) bond motifs is 1. The van der Waals surface area contributed by atoms with Gasteiger partial charge in [-0.1, -0.05) is 51.5 Å². The number of hydrogen-bond acceptors (Lipinski definition) is 7. The lowest BCUT2D eigenvalue weighted by Crippen LogP contribution is -2.36. The maximum atomic E-state index is 13.2. The molecule has 0 radical (unpaired) electrons. The molecule has 1 aromatic heterocycles. The summed E-state index contributed by atoms with van der Waals surface area (Å²) in [7, 11) is 0. The van der Waals surface area contributed by atoms with Gasteiger partial charge in [0.2, 0.25) is 0 Å². The number of ether oxygens (including phenoxy) is 2. The monoisotopic (exact) mass is 599 g/mol. The van der Waals surface area contributed by atoms with Crippen molar-refractivity contribution in [1.82, 2.24) is 15.5 Å². The van der Waals surface area contributed by atoms with Gasteiger partial charge in [0.05, 0.1) is 43.9 Å². The highest BCUT2D eigenvalue weighted by Crippen LogP contribution is 2.38. The van der Waals surface area contributed by atoms with Gasteiger partial charge in [0.15, 0.2) is 5.82 Å². The lowest BCUT2D eigenvalue weighted by molar-refractivity contribution is 0.122. The van der Waals surface area contributed by atoms with Gasteiger partial charge in [0, 0.05) is 23.9 Å². The Morgan fingerprint density at radius 3 is 2.47 bits per heavy atom. The number of morpholine rings is 1. The smallest absolute Gasteiger partial charge is 0.157 e. The Kier molecular flexibility index (Phi) is 14.9. The summed E-state index contributed by atoms with van der Waals surface area (Å²) in [6.45, 7) is 15.3. The first-order valence-corrected chi connectivity index (χ1v) is 16.0. The van der Waals surface area contributed by atoms with Crippen LogP contribution in [0.3, 0.4) is 0 Å². The summed E-state index contributed by atoms with van der Waals surface area (Å²) >= 11 is 0. The van der Waals surface area contributed by atoms with Crippen LogP contribution in [0.2, 0.25) is 0 Å². The number of nitrogens with one attached hydrogen (secondary N) is 2. The van der Waals surface area contributed by atoms with Gasteiger partial charge < -0.3 is 25.0 Å². The van der Waals surface area contributed by atoms with Gasteiger partial charge in [-0.05, 0) is 75.4 Å². The zero-order valence-electron chi connectivity index (χ0n) is 26.7. The Hall–Kier alpha value is -3.04. The molecule has 2 aromatic carbocycles. The van der Waals surface area contributed by atoms with E-state index in [9.17, 15) is 8.78 Å². The molecule has 0 aliphatic carbocycles. The highest BCUT2D eigenvalue weighted by Gasteiger charge is 2.20. The van der Waals surface area contributed by atoms with Crippen LogP contribution in [0.25, 0.3) is 10.8 Å². The molecule has 1 atom stereocenters. The number of aromatic nitrogens is 2. The van der Waals surface area contributed by atoms with Crippen molar-refractivity contribution in [2.45, 2.75) is 73.0 Å². The highest BCUT2D eigenvalue weighted by atomic mass is 19.1. The first-order chi connectivity index (χ1) is 21.0. The van der Waals surface area contributed by atoms with Crippen molar-refractivity contribution in [2.24, 2.45) is 5.92 Å². The summed E-state index contributed by atoms with van der Waals surface area (Å²) in [5.74, 6) is 1.95. The van der Waals surface area contributed by atoms with Crippen LogP contribution in [0, 0.1) is 12.8 Å². The number of aryl methyl sites for hydroxylation is 1. The summed E-state index contributed by atoms with van der Waals surface area (Å²) in [5, 5.41) is 17.6. The molecule has 3 aromatic rings. The molecule has 0 spiro atoms.